The first-order valence-corrected chi connectivity index (χ1v) is 26.6. The Hall–Kier alpha value is -6.64. The van der Waals surface area contributed by atoms with Gasteiger partial charge in [-0.05, 0) is 216 Å². The van der Waals surface area contributed by atoms with E-state index in [1.807, 2.05) is 0 Å². The Kier molecular flexibility index (Phi) is 10.6. The molecule has 0 aliphatic heterocycles. The molecule has 0 aromatic heterocycles. The van der Waals surface area contributed by atoms with Gasteiger partial charge in [-0.2, -0.15) is 0 Å². The molecule has 348 valence electrons. The van der Waals surface area contributed by atoms with Crippen molar-refractivity contribution < 1.29 is 0 Å². The van der Waals surface area contributed by atoms with Crippen molar-refractivity contribution in [2.75, 3.05) is 9.80 Å². The number of hydrogen-bond donors (Lipinski definition) is 0. The van der Waals surface area contributed by atoms with E-state index in [-0.39, 0.29) is 10.8 Å². The summed E-state index contributed by atoms with van der Waals surface area (Å²) in [7, 11) is 0. The number of rotatable bonds is 10. The highest BCUT2D eigenvalue weighted by Crippen LogP contribution is 2.61. The van der Waals surface area contributed by atoms with Gasteiger partial charge in [-0.1, -0.05) is 148 Å². The second-order valence-electron chi connectivity index (χ2n) is 22.9. The maximum absolute atomic E-state index is 2.55. The number of anilines is 6. The molecular formula is C68H66N2. The summed E-state index contributed by atoms with van der Waals surface area (Å²) in [6.07, 6.45) is 13.3. The molecule has 0 unspecified atom stereocenters. The second kappa shape index (κ2) is 17.0. The van der Waals surface area contributed by atoms with Crippen LogP contribution in [0.1, 0.15) is 113 Å². The Bertz CT molecular complexity index is 3070. The standard InChI is InChI=1S/C68H66N2/c1-47-36-38-68(39-37-47,53-24-30-57(31-25-53)69(55-16-9-5-10-17-55)56-18-11-6-12-19-56)54-26-32-59(33-27-54)70(58-28-22-52(23-29-58)67-44-48-40-49(45-67)42-50(41-48)46-67)60-34-35-62-64(43-60)66(2,3)63-21-13-20-61(65(62)63)51-14-7-4-8-15-51/h4-35,43,47-50H,36-42,44-46H2,1-3H3. The molecule has 14 rings (SSSR count). The van der Waals surface area contributed by atoms with Crippen LogP contribution in [0.25, 0.3) is 22.3 Å². The quantitative estimate of drug-likeness (QED) is 0.135. The Morgan fingerprint density at radius 1 is 0.400 bits per heavy atom. The SMILES string of the molecule is CC1CCC(c2ccc(N(c3ccccc3)c3ccccc3)cc2)(c2ccc(N(c3ccc(C45CC6CC(CC(C6)C4)C5)cc3)c3ccc4c(c3)C(C)(C)c3cccc(-c5ccccc5)c3-4)cc2)CC1. The van der Waals surface area contributed by atoms with E-state index < -0.39 is 0 Å². The molecule has 8 aromatic carbocycles. The Morgan fingerprint density at radius 3 is 1.36 bits per heavy atom. The predicted octanol–water partition coefficient (Wildman–Crippen LogP) is 18.6. The summed E-state index contributed by atoms with van der Waals surface area (Å²) in [5, 5.41) is 0. The van der Waals surface area contributed by atoms with E-state index in [4.69, 9.17) is 0 Å². The van der Waals surface area contributed by atoms with E-state index in [0.29, 0.717) is 5.41 Å². The number of benzene rings is 8. The minimum Gasteiger partial charge on any atom is -0.311 e. The molecule has 6 aliphatic rings. The van der Waals surface area contributed by atoms with Crippen LogP contribution < -0.4 is 9.80 Å². The van der Waals surface area contributed by atoms with Crippen LogP contribution in [0.3, 0.4) is 0 Å². The van der Waals surface area contributed by atoms with Crippen LogP contribution in [-0.4, -0.2) is 0 Å². The Morgan fingerprint density at radius 2 is 0.843 bits per heavy atom. The number of para-hydroxylation sites is 2. The largest absolute Gasteiger partial charge is 0.311 e. The van der Waals surface area contributed by atoms with Gasteiger partial charge in [-0.15, -0.1) is 0 Å². The molecule has 0 amide bonds. The van der Waals surface area contributed by atoms with Crippen LogP contribution in [0.15, 0.2) is 200 Å². The topological polar surface area (TPSA) is 6.48 Å². The Balaban J connectivity index is 0.892. The van der Waals surface area contributed by atoms with Gasteiger partial charge in [-0.3, -0.25) is 0 Å². The summed E-state index contributed by atoms with van der Waals surface area (Å²) in [6, 6.07) is 76.2. The molecule has 0 radical (unpaired) electrons. The molecule has 8 aromatic rings. The number of fused-ring (bicyclic) bond motifs is 3. The van der Waals surface area contributed by atoms with Crippen LogP contribution in [0, 0.1) is 23.7 Å². The summed E-state index contributed by atoms with van der Waals surface area (Å²) >= 11 is 0. The van der Waals surface area contributed by atoms with Gasteiger partial charge in [-0.25, -0.2) is 0 Å². The molecule has 0 spiro atoms. The number of nitrogens with zero attached hydrogens (tertiary/aromatic N) is 2. The smallest absolute Gasteiger partial charge is 0.0465 e. The molecule has 6 aliphatic carbocycles. The highest BCUT2D eigenvalue weighted by molar-refractivity contribution is 5.94. The normalized spacial score (nSPS) is 24.7. The first-order chi connectivity index (χ1) is 34.2. The lowest BCUT2D eigenvalue weighted by atomic mass is 9.48. The van der Waals surface area contributed by atoms with Gasteiger partial charge in [0.15, 0.2) is 0 Å². The molecule has 0 heterocycles. The van der Waals surface area contributed by atoms with Gasteiger partial charge in [0.05, 0.1) is 0 Å². The van der Waals surface area contributed by atoms with Crippen LogP contribution in [0.2, 0.25) is 0 Å². The summed E-state index contributed by atoms with van der Waals surface area (Å²) in [5.74, 6) is 3.51. The van der Waals surface area contributed by atoms with Crippen molar-refractivity contribution in [3.05, 3.63) is 228 Å². The van der Waals surface area contributed by atoms with E-state index >= 15 is 0 Å². The minimum absolute atomic E-state index is 0.0575. The monoisotopic (exact) mass is 911 g/mol. The lowest BCUT2D eigenvalue weighted by Crippen LogP contribution is -2.48. The van der Waals surface area contributed by atoms with Crippen molar-refractivity contribution in [3.63, 3.8) is 0 Å². The summed E-state index contributed by atoms with van der Waals surface area (Å²) in [5.41, 5.74) is 19.9. The molecule has 5 fully saturated rings. The summed E-state index contributed by atoms with van der Waals surface area (Å²) in [6.45, 7) is 7.29. The Labute approximate surface area is 417 Å². The first kappa shape index (κ1) is 43.4. The zero-order valence-corrected chi connectivity index (χ0v) is 41.3. The third-order valence-electron chi connectivity index (χ3n) is 18.3. The first-order valence-electron chi connectivity index (χ1n) is 26.6. The van der Waals surface area contributed by atoms with E-state index in [0.717, 1.165) is 36.5 Å². The molecule has 2 heteroatoms. The predicted molar refractivity (Wildman–Crippen MR) is 294 cm³/mol. The molecule has 70 heavy (non-hydrogen) atoms. The van der Waals surface area contributed by atoms with Crippen molar-refractivity contribution in [1.29, 1.82) is 0 Å². The molecule has 5 saturated carbocycles. The van der Waals surface area contributed by atoms with E-state index in [2.05, 4.69) is 231 Å². The van der Waals surface area contributed by atoms with Crippen molar-refractivity contribution >= 4 is 34.1 Å². The molecule has 2 nitrogen and oxygen atoms in total. The van der Waals surface area contributed by atoms with Crippen molar-refractivity contribution in [1.82, 2.24) is 0 Å². The van der Waals surface area contributed by atoms with Crippen molar-refractivity contribution in [2.45, 2.75) is 101 Å². The lowest BCUT2D eigenvalue weighted by molar-refractivity contribution is -0.00518. The minimum atomic E-state index is -0.150. The van der Waals surface area contributed by atoms with Gasteiger partial charge in [0.25, 0.3) is 0 Å². The van der Waals surface area contributed by atoms with E-state index in [1.54, 1.807) is 5.56 Å². The molecule has 0 N–H and O–H groups in total. The summed E-state index contributed by atoms with van der Waals surface area (Å²) < 4.78 is 0. The number of hydrogen-bond acceptors (Lipinski definition) is 2. The van der Waals surface area contributed by atoms with Gasteiger partial charge < -0.3 is 9.80 Å². The van der Waals surface area contributed by atoms with E-state index in [9.17, 15) is 0 Å². The summed E-state index contributed by atoms with van der Waals surface area (Å²) in [4.78, 5) is 4.93. The third kappa shape index (κ3) is 7.27. The average molecular weight is 911 g/mol. The molecular weight excluding hydrogens is 845 g/mol. The van der Waals surface area contributed by atoms with Crippen LogP contribution in [0.4, 0.5) is 34.1 Å². The maximum Gasteiger partial charge on any atom is 0.0465 e. The highest BCUT2D eigenvalue weighted by atomic mass is 15.1. The van der Waals surface area contributed by atoms with Crippen molar-refractivity contribution in [3.8, 4) is 22.3 Å². The van der Waals surface area contributed by atoms with Gasteiger partial charge in [0, 0.05) is 45.0 Å². The fourth-order valence-corrected chi connectivity index (χ4v) is 15.1. The van der Waals surface area contributed by atoms with Crippen LogP contribution in [0.5, 0.6) is 0 Å². The lowest BCUT2D eigenvalue weighted by Gasteiger charge is -2.57. The van der Waals surface area contributed by atoms with Crippen LogP contribution >= 0.6 is 0 Å². The van der Waals surface area contributed by atoms with Crippen molar-refractivity contribution in [2.24, 2.45) is 23.7 Å². The molecule has 0 atom stereocenters. The fourth-order valence-electron chi connectivity index (χ4n) is 15.1. The molecule has 4 bridgehead atoms. The average Bonchev–Trinajstić information content (AvgIpc) is 3.63. The zero-order valence-electron chi connectivity index (χ0n) is 41.3. The maximum atomic E-state index is 2.55. The third-order valence-corrected chi connectivity index (χ3v) is 18.3. The van der Waals surface area contributed by atoms with E-state index in [1.165, 1.54) is 130 Å². The fraction of sp³-hybridized carbons (Fsp3) is 0.294. The van der Waals surface area contributed by atoms with Gasteiger partial charge in [0.1, 0.15) is 0 Å². The van der Waals surface area contributed by atoms with Gasteiger partial charge >= 0.3 is 0 Å². The second-order valence-corrected chi connectivity index (χ2v) is 22.9. The van der Waals surface area contributed by atoms with Crippen LogP contribution in [-0.2, 0) is 16.2 Å². The molecule has 0 saturated heterocycles. The van der Waals surface area contributed by atoms with Gasteiger partial charge in [0.2, 0.25) is 0 Å². The zero-order chi connectivity index (χ0) is 47.0. The highest BCUT2D eigenvalue weighted by Gasteiger charge is 2.51.